The lowest BCUT2D eigenvalue weighted by Gasteiger charge is -2.20. The molecule has 0 unspecified atom stereocenters. The average molecular weight is 286 g/mol. The quantitative estimate of drug-likeness (QED) is 0.767. The Hall–Kier alpha value is -1.81. The van der Waals surface area contributed by atoms with Gasteiger partial charge in [-0.15, -0.1) is 0 Å². The summed E-state index contributed by atoms with van der Waals surface area (Å²) in [5.74, 6) is 0. The smallest absolute Gasteiger partial charge is 0.0423 e. The van der Waals surface area contributed by atoms with Gasteiger partial charge in [0.2, 0.25) is 0 Å². The fourth-order valence-corrected chi connectivity index (χ4v) is 2.61. The van der Waals surface area contributed by atoms with Crippen LogP contribution in [0.1, 0.15) is 26.0 Å². The molecule has 1 aromatic heterocycles. The highest BCUT2D eigenvalue weighted by Gasteiger charge is 2.06. The maximum absolute atomic E-state index is 6.04. The Morgan fingerprint density at radius 2 is 2.00 bits per heavy atom. The molecular weight excluding hydrogens is 260 g/mol. The van der Waals surface area contributed by atoms with Crippen LogP contribution in [0, 0.1) is 6.92 Å². The van der Waals surface area contributed by atoms with Gasteiger partial charge in [-0.3, -0.25) is 4.98 Å². The Morgan fingerprint density at radius 3 is 2.71 bits per heavy atom. The van der Waals surface area contributed by atoms with Crippen LogP contribution in [0.5, 0.6) is 0 Å². The van der Waals surface area contributed by atoms with Crippen molar-refractivity contribution in [2.24, 2.45) is 0 Å². The molecule has 114 valence electrons. The highest BCUT2D eigenvalue weighted by molar-refractivity contribution is 6.00. The van der Waals surface area contributed by atoms with Crippen molar-refractivity contribution in [3.63, 3.8) is 0 Å². The van der Waals surface area contributed by atoms with Crippen molar-refractivity contribution < 1.29 is 0 Å². The van der Waals surface area contributed by atoms with Gasteiger partial charge in [0.25, 0.3) is 0 Å². The number of aromatic nitrogens is 1. The Morgan fingerprint density at radius 1 is 1.19 bits per heavy atom. The van der Waals surface area contributed by atoms with Gasteiger partial charge in [0, 0.05) is 47.1 Å². The van der Waals surface area contributed by atoms with E-state index < -0.39 is 0 Å². The molecule has 0 aliphatic carbocycles. The zero-order valence-corrected chi connectivity index (χ0v) is 13.3. The normalized spacial score (nSPS) is 11.2. The van der Waals surface area contributed by atoms with E-state index in [2.05, 4.69) is 41.2 Å². The van der Waals surface area contributed by atoms with Gasteiger partial charge >= 0.3 is 0 Å². The van der Waals surface area contributed by atoms with Crippen LogP contribution in [-0.4, -0.2) is 36.1 Å². The first-order chi connectivity index (χ1) is 10.2. The molecule has 4 nitrogen and oxygen atoms in total. The molecule has 21 heavy (non-hydrogen) atoms. The first kappa shape index (κ1) is 15.6. The van der Waals surface area contributed by atoms with E-state index in [0.717, 1.165) is 54.0 Å². The largest absolute Gasteiger partial charge is 0.398 e. The van der Waals surface area contributed by atoms with Crippen LogP contribution in [-0.2, 0) is 0 Å². The van der Waals surface area contributed by atoms with E-state index in [1.54, 1.807) is 0 Å². The van der Waals surface area contributed by atoms with Crippen molar-refractivity contribution in [3.05, 3.63) is 30.1 Å². The van der Waals surface area contributed by atoms with Gasteiger partial charge in [0.05, 0.1) is 0 Å². The van der Waals surface area contributed by atoms with Gasteiger partial charge in [0.1, 0.15) is 0 Å². The minimum atomic E-state index is 0.782. The zero-order chi connectivity index (χ0) is 15.2. The molecule has 0 saturated carbocycles. The second-order valence-electron chi connectivity index (χ2n) is 5.43. The van der Waals surface area contributed by atoms with Crippen molar-refractivity contribution in [1.29, 1.82) is 0 Å². The summed E-state index contributed by atoms with van der Waals surface area (Å²) in [6, 6.07) is 6.11. The van der Waals surface area contributed by atoms with Crippen LogP contribution in [0.15, 0.2) is 24.4 Å². The summed E-state index contributed by atoms with van der Waals surface area (Å²) < 4.78 is 0. The molecule has 0 aliphatic heterocycles. The van der Waals surface area contributed by atoms with Gasteiger partial charge in [-0.2, -0.15) is 0 Å². The lowest BCUT2D eigenvalue weighted by atomic mass is 10.1. The molecule has 0 bridgehead atoms. The standard InChI is InChI=1S/C17H26N4/c1-4-9-21(5-2)10-8-19-17-7-6-16(18)15-12-20-13(3)11-14(15)17/h6-7,11-12,19H,4-5,8-10,18H2,1-3H3. The van der Waals surface area contributed by atoms with Crippen LogP contribution in [0.25, 0.3) is 10.8 Å². The third kappa shape index (κ3) is 3.85. The van der Waals surface area contributed by atoms with E-state index in [4.69, 9.17) is 5.73 Å². The lowest BCUT2D eigenvalue weighted by Crippen LogP contribution is -2.29. The number of hydrogen-bond acceptors (Lipinski definition) is 4. The number of hydrogen-bond donors (Lipinski definition) is 2. The van der Waals surface area contributed by atoms with Crippen LogP contribution in [0.2, 0.25) is 0 Å². The topological polar surface area (TPSA) is 54.2 Å². The molecule has 0 fully saturated rings. The molecule has 0 amide bonds. The van der Waals surface area contributed by atoms with E-state index in [9.17, 15) is 0 Å². The molecule has 2 aromatic rings. The van der Waals surface area contributed by atoms with Gasteiger partial charge < -0.3 is 16.0 Å². The fourth-order valence-electron chi connectivity index (χ4n) is 2.61. The molecule has 2 rings (SSSR count). The van der Waals surface area contributed by atoms with Crippen molar-refractivity contribution in [2.45, 2.75) is 27.2 Å². The predicted molar refractivity (Wildman–Crippen MR) is 91.8 cm³/mol. The minimum absolute atomic E-state index is 0.782. The molecule has 4 heteroatoms. The first-order valence-electron chi connectivity index (χ1n) is 7.76. The molecule has 0 spiro atoms. The maximum atomic E-state index is 6.04. The van der Waals surface area contributed by atoms with E-state index in [-0.39, 0.29) is 0 Å². The third-order valence-electron chi connectivity index (χ3n) is 3.80. The van der Waals surface area contributed by atoms with E-state index in [1.165, 1.54) is 6.42 Å². The minimum Gasteiger partial charge on any atom is -0.398 e. The zero-order valence-electron chi connectivity index (χ0n) is 13.3. The summed E-state index contributed by atoms with van der Waals surface area (Å²) in [6.45, 7) is 10.7. The van der Waals surface area contributed by atoms with Gasteiger partial charge in [-0.25, -0.2) is 0 Å². The summed E-state index contributed by atoms with van der Waals surface area (Å²) in [6.07, 6.45) is 3.06. The fraction of sp³-hybridized carbons (Fsp3) is 0.471. The lowest BCUT2D eigenvalue weighted by molar-refractivity contribution is 0.300. The Labute approximate surface area is 127 Å². The molecule has 0 radical (unpaired) electrons. The number of fused-ring (bicyclic) bond motifs is 1. The van der Waals surface area contributed by atoms with Gasteiger partial charge in [0.15, 0.2) is 0 Å². The summed E-state index contributed by atoms with van der Waals surface area (Å²) in [5, 5.41) is 5.71. The van der Waals surface area contributed by atoms with Crippen molar-refractivity contribution in [3.8, 4) is 0 Å². The third-order valence-corrected chi connectivity index (χ3v) is 3.80. The molecule has 1 aromatic carbocycles. The number of aryl methyl sites for hydroxylation is 1. The van der Waals surface area contributed by atoms with Crippen LogP contribution >= 0.6 is 0 Å². The number of nitrogens with zero attached hydrogens (tertiary/aromatic N) is 2. The summed E-state index contributed by atoms with van der Waals surface area (Å²) >= 11 is 0. The number of benzene rings is 1. The highest BCUT2D eigenvalue weighted by Crippen LogP contribution is 2.28. The van der Waals surface area contributed by atoms with Gasteiger partial charge in [-0.05, 0) is 44.6 Å². The highest BCUT2D eigenvalue weighted by atomic mass is 15.1. The number of nitrogen functional groups attached to an aromatic ring is 1. The number of anilines is 2. The van der Waals surface area contributed by atoms with E-state index >= 15 is 0 Å². The van der Waals surface area contributed by atoms with Crippen LogP contribution in [0.4, 0.5) is 11.4 Å². The summed E-state index contributed by atoms with van der Waals surface area (Å²) in [4.78, 5) is 6.80. The SMILES string of the molecule is CCCN(CC)CCNc1ccc(N)c2cnc(C)cc12. The van der Waals surface area contributed by atoms with Crippen molar-refractivity contribution >= 4 is 22.1 Å². The molecular formula is C17H26N4. The molecule has 3 N–H and O–H groups in total. The molecule has 0 saturated heterocycles. The Bertz CT molecular complexity index is 595. The Balaban J connectivity index is 2.12. The molecule has 0 aliphatic rings. The number of pyridine rings is 1. The number of nitrogens with one attached hydrogen (secondary N) is 1. The number of nitrogens with two attached hydrogens (primary N) is 1. The second kappa shape index (κ2) is 7.27. The van der Waals surface area contributed by atoms with Crippen LogP contribution < -0.4 is 11.1 Å². The Kier molecular flexibility index (Phi) is 5.39. The van der Waals surface area contributed by atoms with Crippen molar-refractivity contribution in [2.75, 3.05) is 37.2 Å². The van der Waals surface area contributed by atoms with Crippen molar-refractivity contribution in [1.82, 2.24) is 9.88 Å². The van der Waals surface area contributed by atoms with E-state index in [0.29, 0.717) is 0 Å². The predicted octanol–water partition coefficient (Wildman–Crippen LogP) is 3.27. The van der Waals surface area contributed by atoms with E-state index in [1.807, 2.05) is 19.2 Å². The summed E-state index contributed by atoms with van der Waals surface area (Å²) in [7, 11) is 0. The molecule has 0 atom stereocenters. The second-order valence-corrected chi connectivity index (χ2v) is 5.43. The maximum Gasteiger partial charge on any atom is 0.0423 e. The monoisotopic (exact) mass is 286 g/mol. The van der Waals surface area contributed by atoms with Gasteiger partial charge in [-0.1, -0.05) is 13.8 Å². The number of likely N-dealkylation sites (N-methyl/N-ethyl adjacent to an activating group) is 1. The summed E-state index contributed by atoms with van der Waals surface area (Å²) in [5.41, 5.74) is 8.97. The van der Waals surface area contributed by atoms with Crippen LogP contribution in [0.3, 0.4) is 0 Å². The first-order valence-corrected chi connectivity index (χ1v) is 7.76. The average Bonchev–Trinajstić information content (AvgIpc) is 2.48. The number of rotatable bonds is 7. The molecule has 1 heterocycles.